The number of hydrogen-bond donors (Lipinski definition) is 1. The predicted molar refractivity (Wildman–Crippen MR) is 53.1 cm³/mol. The molecule has 0 aliphatic carbocycles. The molecule has 0 aliphatic heterocycles. The second-order valence-corrected chi connectivity index (χ2v) is 3.44. The van der Waals surface area contributed by atoms with E-state index in [2.05, 4.69) is 0 Å². The molecule has 0 heterocycles. The molecule has 0 aliphatic rings. The first-order valence-corrected chi connectivity index (χ1v) is 4.57. The summed E-state index contributed by atoms with van der Waals surface area (Å²) in [4.78, 5) is 10.2. The SMILES string of the molecule is O=C(O)C=Cc1cc(C(F)(F)F)cc(Cl)c1F. The largest absolute Gasteiger partial charge is 0.478 e. The van der Waals surface area contributed by atoms with Crippen LogP contribution < -0.4 is 0 Å². The first-order valence-electron chi connectivity index (χ1n) is 4.19. The molecule has 92 valence electrons. The van der Waals surface area contributed by atoms with E-state index in [1.807, 2.05) is 0 Å². The summed E-state index contributed by atoms with van der Waals surface area (Å²) >= 11 is 5.28. The summed E-state index contributed by atoms with van der Waals surface area (Å²) in [5, 5.41) is 7.58. The lowest BCUT2D eigenvalue weighted by Crippen LogP contribution is -2.06. The monoisotopic (exact) mass is 268 g/mol. The molecule has 0 saturated heterocycles. The van der Waals surface area contributed by atoms with Gasteiger partial charge in [0.05, 0.1) is 10.6 Å². The molecule has 1 aromatic rings. The van der Waals surface area contributed by atoms with E-state index >= 15 is 0 Å². The third kappa shape index (κ3) is 3.45. The van der Waals surface area contributed by atoms with E-state index in [1.54, 1.807) is 0 Å². The van der Waals surface area contributed by atoms with Crippen LogP contribution in [0.15, 0.2) is 18.2 Å². The Balaban J connectivity index is 3.30. The van der Waals surface area contributed by atoms with Gasteiger partial charge in [0, 0.05) is 11.6 Å². The quantitative estimate of drug-likeness (QED) is 0.657. The van der Waals surface area contributed by atoms with Crippen LogP contribution in [0, 0.1) is 5.82 Å². The van der Waals surface area contributed by atoms with Crippen LogP contribution in [0.2, 0.25) is 5.02 Å². The highest BCUT2D eigenvalue weighted by molar-refractivity contribution is 6.31. The lowest BCUT2D eigenvalue weighted by molar-refractivity contribution is -0.137. The number of aliphatic carboxylic acids is 1. The van der Waals surface area contributed by atoms with Gasteiger partial charge in [-0.1, -0.05) is 11.6 Å². The zero-order chi connectivity index (χ0) is 13.2. The number of alkyl halides is 3. The summed E-state index contributed by atoms with van der Waals surface area (Å²) in [6, 6.07) is 0.926. The fourth-order valence-corrected chi connectivity index (χ4v) is 1.28. The first-order chi connectivity index (χ1) is 7.71. The molecular formula is C10H5ClF4O2. The van der Waals surface area contributed by atoms with Gasteiger partial charge in [0.1, 0.15) is 5.82 Å². The van der Waals surface area contributed by atoms with Crippen molar-refractivity contribution in [2.75, 3.05) is 0 Å². The van der Waals surface area contributed by atoms with Crippen LogP contribution >= 0.6 is 11.6 Å². The fraction of sp³-hybridized carbons (Fsp3) is 0.100. The Morgan fingerprint density at radius 3 is 2.41 bits per heavy atom. The van der Waals surface area contributed by atoms with Gasteiger partial charge in [0.2, 0.25) is 0 Å². The molecule has 0 amide bonds. The molecule has 0 unspecified atom stereocenters. The third-order valence-corrected chi connectivity index (χ3v) is 2.06. The van der Waals surface area contributed by atoms with Crippen molar-refractivity contribution >= 4 is 23.6 Å². The number of carbonyl (C=O) groups is 1. The van der Waals surface area contributed by atoms with Gasteiger partial charge in [0.15, 0.2) is 0 Å². The molecule has 0 fully saturated rings. The summed E-state index contributed by atoms with van der Waals surface area (Å²) in [7, 11) is 0. The highest BCUT2D eigenvalue weighted by atomic mass is 35.5. The molecule has 1 rings (SSSR count). The Morgan fingerprint density at radius 1 is 1.35 bits per heavy atom. The maximum Gasteiger partial charge on any atom is 0.416 e. The lowest BCUT2D eigenvalue weighted by atomic mass is 10.1. The van der Waals surface area contributed by atoms with Crippen LogP contribution in [0.5, 0.6) is 0 Å². The zero-order valence-electron chi connectivity index (χ0n) is 8.05. The molecule has 0 bridgehead atoms. The van der Waals surface area contributed by atoms with E-state index in [1.165, 1.54) is 0 Å². The van der Waals surface area contributed by atoms with Gasteiger partial charge >= 0.3 is 12.1 Å². The summed E-state index contributed by atoms with van der Waals surface area (Å²) in [5.74, 6) is -2.50. The van der Waals surface area contributed by atoms with Gasteiger partial charge in [0.25, 0.3) is 0 Å². The molecular weight excluding hydrogens is 264 g/mol. The van der Waals surface area contributed by atoms with E-state index in [0.717, 1.165) is 0 Å². The fourth-order valence-electron chi connectivity index (χ4n) is 1.06. The van der Waals surface area contributed by atoms with Crippen molar-refractivity contribution in [2.45, 2.75) is 6.18 Å². The van der Waals surface area contributed by atoms with Gasteiger partial charge in [-0.25, -0.2) is 9.18 Å². The van der Waals surface area contributed by atoms with Crippen LogP contribution in [0.3, 0.4) is 0 Å². The molecule has 1 N–H and O–H groups in total. The van der Waals surface area contributed by atoms with Gasteiger partial charge in [-0.05, 0) is 18.2 Å². The second kappa shape index (κ2) is 4.75. The number of benzene rings is 1. The standard InChI is InChI=1S/C10H5ClF4O2/c11-7-4-6(10(13,14)15)3-5(9(7)12)1-2-8(16)17/h1-4H,(H,16,17). The molecule has 7 heteroatoms. The van der Waals surface area contributed by atoms with Gasteiger partial charge in [-0.15, -0.1) is 0 Å². The number of rotatable bonds is 2. The Morgan fingerprint density at radius 2 is 1.94 bits per heavy atom. The van der Waals surface area contributed by atoms with Gasteiger partial charge < -0.3 is 5.11 Å². The maximum atomic E-state index is 13.3. The normalized spacial score (nSPS) is 12.1. The predicted octanol–water partition coefficient (Wildman–Crippen LogP) is 3.60. The summed E-state index contributed by atoms with van der Waals surface area (Å²) in [6.07, 6.45) is -3.45. The summed E-state index contributed by atoms with van der Waals surface area (Å²) in [5.41, 5.74) is -1.68. The minimum Gasteiger partial charge on any atom is -0.478 e. The van der Waals surface area contributed by atoms with Crippen LogP contribution in [0.1, 0.15) is 11.1 Å². The number of hydrogen-bond acceptors (Lipinski definition) is 1. The average Bonchev–Trinajstić information content (AvgIpc) is 2.18. The van der Waals surface area contributed by atoms with Gasteiger partial charge in [-0.3, -0.25) is 0 Å². The van der Waals surface area contributed by atoms with Crippen molar-refractivity contribution in [3.8, 4) is 0 Å². The third-order valence-electron chi connectivity index (χ3n) is 1.79. The molecule has 0 atom stereocenters. The second-order valence-electron chi connectivity index (χ2n) is 3.03. The zero-order valence-corrected chi connectivity index (χ0v) is 8.81. The Kier molecular flexibility index (Phi) is 3.77. The van der Waals surface area contributed by atoms with Crippen molar-refractivity contribution in [2.24, 2.45) is 0 Å². The minimum atomic E-state index is -4.68. The highest BCUT2D eigenvalue weighted by Gasteiger charge is 2.31. The lowest BCUT2D eigenvalue weighted by Gasteiger charge is -2.09. The molecule has 0 saturated carbocycles. The number of carboxylic acids is 1. The Bertz CT molecular complexity index is 480. The van der Waals surface area contributed by atoms with E-state index < -0.39 is 34.1 Å². The van der Waals surface area contributed by atoms with E-state index in [9.17, 15) is 22.4 Å². The Hall–Kier alpha value is -1.56. The van der Waals surface area contributed by atoms with Crippen LogP contribution in [0.4, 0.5) is 17.6 Å². The van der Waals surface area contributed by atoms with Crippen molar-refractivity contribution in [1.29, 1.82) is 0 Å². The molecule has 17 heavy (non-hydrogen) atoms. The van der Waals surface area contributed by atoms with Crippen molar-refractivity contribution < 1.29 is 27.5 Å². The van der Waals surface area contributed by atoms with E-state index in [-0.39, 0.29) is 0 Å². The summed E-state index contributed by atoms with van der Waals surface area (Å²) < 4.78 is 50.3. The van der Waals surface area contributed by atoms with Crippen LogP contribution in [-0.4, -0.2) is 11.1 Å². The minimum absolute atomic E-state index is 0.439. The van der Waals surface area contributed by atoms with Crippen LogP contribution in [0.25, 0.3) is 6.08 Å². The molecule has 2 nitrogen and oxygen atoms in total. The average molecular weight is 269 g/mol. The summed E-state index contributed by atoms with van der Waals surface area (Å²) in [6.45, 7) is 0. The van der Waals surface area contributed by atoms with E-state index in [0.29, 0.717) is 24.3 Å². The first kappa shape index (κ1) is 13.5. The maximum absolute atomic E-state index is 13.3. The van der Waals surface area contributed by atoms with Gasteiger partial charge in [-0.2, -0.15) is 13.2 Å². The van der Waals surface area contributed by atoms with Crippen molar-refractivity contribution in [3.63, 3.8) is 0 Å². The van der Waals surface area contributed by atoms with Crippen LogP contribution in [-0.2, 0) is 11.0 Å². The Labute approximate surface area is 98.1 Å². The number of carboxylic acid groups (broad SMARTS) is 1. The van der Waals surface area contributed by atoms with Crippen molar-refractivity contribution in [3.05, 3.63) is 40.2 Å². The smallest absolute Gasteiger partial charge is 0.416 e. The highest BCUT2D eigenvalue weighted by Crippen LogP contribution is 2.33. The molecule has 0 radical (unpaired) electrons. The molecule has 0 aromatic heterocycles. The molecule has 0 spiro atoms. The number of halogens is 5. The molecule has 1 aromatic carbocycles. The topological polar surface area (TPSA) is 37.3 Å². The van der Waals surface area contributed by atoms with E-state index in [4.69, 9.17) is 16.7 Å². The van der Waals surface area contributed by atoms with Crippen molar-refractivity contribution in [1.82, 2.24) is 0 Å².